The lowest BCUT2D eigenvalue weighted by atomic mass is 9.77. The highest BCUT2D eigenvalue weighted by Gasteiger charge is 2.41. The highest BCUT2D eigenvalue weighted by Crippen LogP contribution is 2.48. The van der Waals surface area contributed by atoms with Crippen LogP contribution in [0.5, 0.6) is 0 Å². The Morgan fingerprint density at radius 3 is 2.47 bits per heavy atom. The third-order valence-electron chi connectivity index (χ3n) is 7.95. The highest BCUT2D eigenvalue weighted by molar-refractivity contribution is 7.90. The monoisotopic (exact) mass is 521 g/mol. The molecule has 2 aliphatic carbocycles. The fourth-order valence-electron chi connectivity index (χ4n) is 6.07. The van der Waals surface area contributed by atoms with E-state index in [0.29, 0.717) is 28.8 Å². The van der Waals surface area contributed by atoms with E-state index in [0.717, 1.165) is 50.0 Å². The van der Waals surface area contributed by atoms with Crippen molar-refractivity contribution in [3.8, 4) is 6.07 Å². The van der Waals surface area contributed by atoms with Crippen molar-refractivity contribution in [2.75, 3.05) is 0 Å². The summed E-state index contributed by atoms with van der Waals surface area (Å²) in [6.07, 6.45) is 7.60. The summed E-state index contributed by atoms with van der Waals surface area (Å²) in [5.74, 6) is 0. The third-order valence-corrected chi connectivity index (χ3v) is 9.62. The minimum atomic E-state index is -3.87. The molecule has 1 unspecified atom stereocenters. The Balaban J connectivity index is 1.58. The van der Waals surface area contributed by atoms with Gasteiger partial charge in [-0.25, -0.2) is 12.4 Å². The number of aryl methyl sites for hydroxylation is 4. The number of nitriles is 1. The van der Waals surface area contributed by atoms with Crippen molar-refractivity contribution in [1.82, 2.24) is 8.96 Å². The van der Waals surface area contributed by atoms with Gasteiger partial charge in [0, 0.05) is 34.7 Å². The average molecular weight is 522 g/mol. The summed E-state index contributed by atoms with van der Waals surface area (Å²) < 4.78 is 28.9. The van der Waals surface area contributed by atoms with Crippen molar-refractivity contribution in [2.45, 2.75) is 51.5 Å². The smallest absolute Gasteiger partial charge is 0.268 e. The normalized spacial score (nSPS) is 18.0. The molecule has 6 nitrogen and oxygen atoms in total. The molecule has 6 rings (SSSR count). The van der Waals surface area contributed by atoms with Gasteiger partial charge in [-0.2, -0.15) is 5.26 Å². The van der Waals surface area contributed by atoms with E-state index in [1.54, 1.807) is 36.5 Å². The number of pyridine rings is 1. The molecule has 4 aromatic rings. The van der Waals surface area contributed by atoms with Crippen LogP contribution in [0.3, 0.4) is 0 Å². The average Bonchev–Trinajstić information content (AvgIpc) is 3.47. The van der Waals surface area contributed by atoms with E-state index in [1.165, 1.54) is 3.97 Å². The standard InChI is InChI=1S/C31H27N3O3S/c1-17-6-8-24(9-7-17)38(36,37)34-16-22-10-11-31(35,29-18(2)12-19(3)30(34)28(22)29)23-13-25-20(4)26(15-32)21(5)33-27(25)14-23/h6-13,16,35H,14H2,1-5H3. The van der Waals surface area contributed by atoms with E-state index in [2.05, 4.69) is 11.1 Å². The molecule has 0 saturated heterocycles. The Hall–Kier alpha value is -3.99. The van der Waals surface area contributed by atoms with E-state index in [4.69, 9.17) is 0 Å². The number of aliphatic hydroxyl groups is 1. The molecule has 0 radical (unpaired) electrons. The predicted molar refractivity (Wildman–Crippen MR) is 148 cm³/mol. The van der Waals surface area contributed by atoms with Crippen molar-refractivity contribution >= 4 is 33.1 Å². The second-order valence-electron chi connectivity index (χ2n) is 10.4. The largest absolute Gasteiger partial charge is 0.377 e. The molecule has 1 atom stereocenters. The summed E-state index contributed by atoms with van der Waals surface area (Å²) in [6.45, 7) is 9.51. The van der Waals surface area contributed by atoms with E-state index in [1.807, 2.05) is 52.8 Å². The molecule has 0 aliphatic heterocycles. The van der Waals surface area contributed by atoms with Crippen molar-refractivity contribution < 1.29 is 13.5 Å². The van der Waals surface area contributed by atoms with Crippen molar-refractivity contribution in [2.24, 2.45) is 0 Å². The Bertz CT molecular complexity index is 1920. The van der Waals surface area contributed by atoms with Crippen LogP contribution in [-0.2, 0) is 22.0 Å². The van der Waals surface area contributed by atoms with Gasteiger partial charge >= 0.3 is 0 Å². The molecular formula is C31H27N3O3S. The fraction of sp³-hybridized carbons (Fsp3) is 0.226. The minimum Gasteiger partial charge on any atom is -0.377 e. The Kier molecular flexibility index (Phi) is 5.13. The van der Waals surface area contributed by atoms with Gasteiger partial charge in [0.25, 0.3) is 10.0 Å². The number of hydrogen-bond acceptors (Lipinski definition) is 5. The fourth-order valence-corrected chi connectivity index (χ4v) is 7.51. The zero-order valence-corrected chi connectivity index (χ0v) is 22.7. The molecule has 0 amide bonds. The van der Waals surface area contributed by atoms with Gasteiger partial charge in [-0.3, -0.25) is 4.98 Å². The molecule has 38 heavy (non-hydrogen) atoms. The van der Waals surface area contributed by atoms with E-state index in [9.17, 15) is 18.8 Å². The van der Waals surface area contributed by atoms with Crippen LogP contribution in [0.25, 0.3) is 23.1 Å². The first-order valence-corrected chi connectivity index (χ1v) is 13.9. The maximum absolute atomic E-state index is 13.8. The molecule has 2 aromatic heterocycles. The van der Waals surface area contributed by atoms with Crippen molar-refractivity contribution in [1.29, 1.82) is 5.26 Å². The molecular weight excluding hydrogens is 494 g/mol. The highest BCUT2D eigenvalue weighted by atomic mass is 32.2. The van der Waals surface area contributed by atoms with Crippen LogP contribution >= 0.6 is 0 Å². The van der Waals surface area contributed by atoms with Crippen LogP contribution in [0, 0.1) is 45.9 Å². The van der Waals surface area contributed by atoms with Crippen molar-refractivity contribution in [3.05, 3.63) is 104 Å². The van der Waals surface area contributed by atoms with Crippen LogP contribution in [0.2, 0.25) is 0 Å². The number of nitrogens with zero attached hydrogens (tertiary/aromatic N) is 3. The zero-order chi connectivity index (χ0) is 27.1. The lowest BCUT2D eigenvalue weighted by molar-refractivity contribution is 0.130. The molecule has 0 saturated carbocycles. The van der Waals surface area contributed by atoms with Gasteiger partial charge < -0.3 is 5.11 Å². The number of benzene rings is 2. The minimum absolute atomic E-state index is 0.214. The molecule has 190 valence electrons. The quantitative estimate of drug-likeness (QED) is 0.382. The lowest BCUT2D eigenvalue weighted by Crippen LogP contribution is -2.29. The summed E-state index contributed by atoms with van der Waals surface area (Å²) in [6, 6.07) is 11.0. The third kappa shape index (κ3) is 3.20. The Morgan fingerprint density at radius 1 is 1.08 bits per heavy atom. The van der Waals surface area contributed by atoms with Gasteiger partial charge in [0.2, 0.25) is 0 Å². The number of fused-ring (bicyclic) bond motifs is 1. The molecule has 2 aromatic carbocycles. The maximum Gasteiger partial charge on any atom is 0.268 e. The SMILES string of the molecule is Cc1ccc(S(=O)(=O)n2cc3c4c(c(C)cc(C)c42)C(O)(C2=Cc4c(nc(C)c(C#N)c4C)C2)C=C3)cc1. The molecule has 0 fully saturated rings. The summed E-state index contributed by atoms with van der Waals surface area (Å²) >= 11 is 0. The number of aromatic nitrogens is 2. The topological polar surface area (TPSA) is 96.0 Å². The van der Waals surface area contributed by atoms with Crippen molar-refractivity contribution in [3.63, 3.8) is 0 Å². The van der Waals surface area contributed by atoms with Crippen LogP contribution in [0.1, 0.15) is 55.9 Å². The first-order chi connectivity index (χ1) is 18.0. The van der Waals surface area contributed by atoms with Gasteiger partial charge in [0.15, 0.2) is 0 Å². The summed E-state index contributed by atoms with van der Waals surface area (Å²) in [5, 5.41) is 22.7. The molecule has 0 bridgehead atoms. The summed E-state index contributed by atoms with van der Waals surface area (Å²) in [5.41, 5.74) is 7.77. The second-order valence-corrected chi connectivity index (χ2v) is 12.2. The van der Waals surface area contributed by atoms with Gasteiger partial charge in [-0.1, -0.05) is 29.8 Å². The van der Waals surface area contributed by atoms with E-state index >= 15 is 0 Å². The maximum atomic E-state index is 13.8. The first-order valence-electron chi connectivity index (χ1n) is 12.5. The number of hydrogen-bond donors (Lipinski definition) is 1. The van der Waals surface area contributed by atoms with Gasteiger partial charge in [0.1, 0.15) is 11.7 Å². The van der Waals surface area contributed by atoms with Gasteiger partial charge in [0.05, 0.1) is 27.4 Å². The lowest BCUT2D eigenvalue weighted by Gasteiger charge is -2.32. The van der Waals surface area contributed by atoms with Crippen LogP contribution in [0.4, 0.5) is 0 Å². The number of rotatable bonds is 3. The Morgan fingerprint density at radius 2 is 1.79 bits per heavy atom. The molecule has 7 heteroatoms. The van der Waals surface area contributed by atoms with Gasteiger partial charge in [-0.15, -0.1) is 0 Å². The van der Waals surface area contributed by atoms with Crippen LogP contribution in [-0.4, -0.2) is 22.5 Å². The van der Waals surface area contributed by atoms with E-state index < -0.39 is 15.6 Å². The molecule has 0 spiro atoms. The summed E-state index contributed by atoms with van der Waals surface area (Å²) in [7, 11) is -3.87. The molecule has 2 heterocycles. The van der Waals surface area contributed by atoms with Gasteiger partial charge in [-0.05, 0) is 81.2 Å². The molecule has 2 aliphatic rings. The van der Waals surface area contributed by atoms with E-state index in [-0.39, 0.29) is 4.90 Å². The van der Waals surface area contributed by atoms with Crippen LogP contribution in [0.15, 0.2) is 53.1 Å². The first kappa shape index (κ1) is 24.4. The predicted octanol–water partition coefficient (Wildman–Crippen LogP) is 5.54. The second kappa shape index (κ2) is 8.00. The Labute approximate surface area is 222 Å². The molecule has 1 N–H and O–H groups in total. The summed E-state index contributed by atoms with van der Waals surface area (Å²) in [4.78, 5) is 4.89. The van der Waals surface area contributed by atoms with Crippen LogP contribution < -0.4 is 0 Å². The zero-order valence-electron chi connectivity index (χ0n) is 21.9.